The number of hydrogen-bond acceptors (Lipinski definition) is 2. The van der Waals surface area contributed by atoms with Gasteiger partial charge in [0.15, 0.2) is 0 Å². The van der Waals surface area contributed by atoms with E-state index < -0.39 is 0 Å². The highest BCUT2D eigenvalue weighted by molar-refractivity contribution is 6.31. The number of rotatable bonds is 4. The molecule has 2 aromatic carbocycles. The molecule has 0 aliphatic rings. The summed E-state index contributed by atoms with van der Waals surface area (Å²) in [6.07, 6.45) is 0. The zero-order valence-electron chi connectivity index (χ0n) is 12.7. The van der Waals surface area contributed by atoms with E-state index in [1.54, 1.807) is 13.2 Å². The van der Waals surface area contributed by atoms with Crippen molar-refractivity contribution in [2.24, 2.45) is 0 Å². The van der Waals surface area contributed by atoms with E-state index in [4.69, 9.17) is 16.3 Å². The molecule has 0 heterocycles. The molecular formula is C18H17ClN2O2. The van der Waals surface area contributed by atoms with Gasteiger partial charge in [0.25, 0.3) is 0 Å². The van der Waals surface area contributed by atoms with Crippen molar-refractivity contribution in [3.63, 3.8) is 0 Å². The molecule has 2 rings (SSSR count). The number of nitrogens with one attached hydrogen (secondary N) is 2. The number of amides is 2. The molecule has 2 N–H and O–H groups in total. The highest BCUT2D eigenvalue weighted by atomic mass is 35.5. The van der Waals surface area contributed by atoms with Gasteiger partial charge in [-0.05, 0) is 29.8 Å². The Balaban J connectivity index is 1.74. The predicted octanol–water partition coefficient (Wildman–Crippen LogP) is 3.20. The van der Waals surface area contributed by atoms with E-state index in [1.165, 1.54) is 0 Å². The molecule has 0 fully saturated rings. The second-order valence-corrected chi connectivity index (χ2v) is 5.07. The fourth-order valence-corrected chi connectivity index (χ4v) is 2.00. The van der Waals surface area contributed by atoms with E-state index in [0.29, 0.717) is 11.6 Å². The molecule has 0 atom stereocenters. The van der Waals surface area contributed by atoms with Crippen molar-refractivity contribution in [1.29, 1.82) is 0 Å². The molecule has 0 radical (unpaired) electrons. The lowest BCUT2D eigenvalue weighted by Crippen LogP contribution is -2.35. The maximum Gasteiger partial charge on any atom is 0.315 e. The van der Waals surface area contributed by atoms with Crippen LogP contribution in [0.4, 0.5) is 4.79 Å². The van der Waals surface area contributed by atoms with Gasteiger partial charge in [-0.3, -0.25) is 0 Å². The normalized spacial score (nSPS) is 9.48. The van der Waals surface area contributed by atoms with Gasteiger partial charge >= 0.3 is 6.03 Å². The van der Waals surface area contributed by atoms with Crippen molar-refractivity contribution in [2.45, 2.75) is 6.54 Å². The van der Waals surface area contributed by atoms with Crippen LogP contribution in [0.25, 0.3) is 0 Å². The van der Waals surface area contributed by atoms with Crippen LogP contribution in [0.5, 0.6) is 5.75 Å². The van der Waals surface area contributed by atoms with Crippen LogP contribution in [-0.4, -0.2) is 19.7 Å². The molecule has 0 aliphatic heterocycles. The van der Waals surface area contributed by atoms with Crippen LogP contribution in [0, 0.1) is 11.8 Å². The van der Waals surface area contributed by atoms with Crippen LogP contribution in [0.2, 0.25) is 5.02 Å². The standard InChI is InChI=1S/C18H17ClN2O2/c1-23-16-10-8-14(9-11-16)13-21-18(22)20-12-4-6-15-5-2-3-7-17(15)19/h2-3,5,7-11H,12-13H2,1H3,(H2,20,21,22). The first-order valence-electron chi connectivity index (χ1n) is 7.07. The van der Waals surface area contributed by atoms with Gasteiger partial charge in [-0.1, -0.05) is 47.7 Å². The Labute approximate surface area is 140 Å². The lowest BCUT2D eigenvalue weighted by molar-refractivity contribution is 0.241. The van der Waals surface area contributed by atoms with E-state index in [2.05, 4.69) is 22.5 Å². The van der Waals surface area contributed by atoms with E-state index in [1.807, 2.05) is 42.5 Å². The third-order valence-corrected chi connectivity index (χ3v) is 3.38. The maximum absolute atomic E-state index is 11.7. The van der Waals surface area contributed by atoms with Crippen LogP contribution < -0.4 is 15.4 Å². The number of carbonyl (C=O) groups is 1. The van der Waals surface area contributed by atoms with Crippen LogP contribution in [0.15, 0.2) is 48.5 Å². The summed E-state index contributed by atoms with van der Waals surface area (Å²) < 4.78 is 5.08. The van der Waals surface area contributed by atoms with Crippen LogP contribution in [-0.2, 0) is 6.54 Å². The third-order valence-electron chi connectivity index (χ3n) is 3.05. The van der Waals surface area contributed by atoms with Crippen molar-refractivity contribution in [3.05, 3.63) is 64.7 Å². The van der Waals surface area contributed by atoms with Gasteiger partial charge in [0, 0.05) is 12.1 Å². The minimum Gasteiger partial charge on any atom is -0.497 e. The Morgan fingerprint density at radius 2 is 1.87 bits per heavy atom. The predicted molar refractivity (Wildman–Crippen MR) is 91.6 cm³/mol. The van der Waals surface area contributed by atoms with Gasteiger partial charge < -0.3 is 15.4 Å². The molecule has 4 nitrogen and oxygen atoms in total. The van der Waals surface area contributed by atoms with Crippen LogP contribution in [0.3, 0.4) is 0 Å². The van der Waals surface area contributed by atoms with E-state index in [-0.39, 0.29) is 12.6 Å². The SMILES string of the molecule is COc1ccc(CNC(=O)NCC#Cc2ccccc2Cl)cc1. The van der Waals surface area contributed by atoms with Gasteiger partial charge in [-0.25, -0.2) is 4.79 Å². The highest BCUT2D eigenvalue weighted by Crippen LogP contribution is 2.13. The quantitative estimate of drug-likeness (QED) is 0.847. The van der Waals surface area contributed by atoms with Crippen molar-refractivity contribution in [2.75, 3.05) is 13.7 Å². The zero-order chi connectivity index (χ0) is 16.5. The lowest BCUT2D eigenvalue weighted by Gasteiger charge is -2.06. The summed E-state index contributed by atoms with van der Waals surface area (Å²) >= 11 is 5.99. The minimum atomic E-state index is -0.269. The first-order valence-corrected chi connectivity index (χ1v) is 7.45. The Hall–Kier alpha value is -2.64. The molecule has 0 aliphatic carbocycles. The molecule has 118 valence electrons. The fourth-order valence-electron chi connectivity index (χ4n) is 1.81. The average molecular weight is 329 g/mol. The highest BCUT2D eigenvalue weighted by Gasteiger charge is 1.99. The van der Waals surface area contributed by atoms with E-state index in [0.717, 1.165) is 16.9 Å². The second-order valence-electron chi connectivity index (χ2n) is 4.67. The smallest absolute Gasteiger partial charge is 0.315 e. The number of carbonyl (C=O) groups excluding carboxylic acids is 1. The Bertz CT molecular complexity index is 718. The number of benzene rings is 2. The molecule has 0 bridgehead atoms. The van der Waals surface area contributed by atoms with Gasteiger partial charge in [0.2, 0.25) is 0 Å². The summed E-state index contributed by atoms with van der Waals surface area (Å²) in [5.74, 6) is 6.57. The molecule has 0 spiro atoms. The minimum absolute atomic E-state index is 0.250. The molecule has 2 aromatic rings. The van der Waals surface area contributed by atoms with Crippen LogP contribution in [0.1, 0.15) is 11.1 Å². The summed E-state index contributed by atoms with van der Waals surface area (Å²) in [5.41, 5.74) is 1.73. The Kier molecular flexibility index (Phi) is 6.34. The van der Waals surface area contributed by atoms with Crippen molar-refractivity contribution in [1.82, 2.24) is 10.6 Å². The van der Waals surface area contributed by atoms with Gasteiger partial charge in [-0.15, -0.1) is 0 Å². The third kappa shape index (κ3) is 5.57. The number of halogens is 1. The summed E-state index contributed by atoms with van der Waals surface area (Å²) in [7, 11) is 1.62. The van der Waals surface area contributed by atoms with Crippen molar-refractivity contribution >= 4 is 17.6 Å². The number of hydrogen-bond donors (Lipinski definition) is 2. The number of ether oxygens (including phenoxy) is 1. The largest absolute Gasteiger partial charge is 0.497 e. The van der Waals surface area contributed by atoms with Gasteiger partial charge in [-0.2, -0.15) is 0 Å². The molecule has 5 heteroatoms. The molecule has 0 aromatic heterocycles. The summed E-state index contributed by atoms with van der Waals surface area (Å²) in [4.78, 5) is 11.7. The molecular weight excluding hydrogens is 312 g/mol. The molecule has 0 saturated carbocycles. The lowest BCUT2D eigenvalue weighted by atomic mass is 10.2. The monoisotopic (exact) mass is 328 g/mol. The first kappa shape index (κ1) is 16.7. The summed E-state index contributed by atoms with van der Waals surface area (Å²) in [6.45, 7) is 0.688. The van der Waals surface area contributed by atoms with E-state index in [9.17, 15) is 4.79 Å². The topological polar surface area (TPSA) is 50.4 Å². The van der Waals surface area contributed by atoms with Gasteiger partial charge in [0.05, 0.1) is 18.7 Å². The number of urea groups is 1. The second kappa shape index (κ2) is 8.72. The fraction of sp³-hybridized carbons (Fsp3) is 0.167. The summed E-state index contributed by atoms with van der Waals surface area (Å²) in [6, 6.07) is 14.6. The van der Waals surface area contributed by atoms with Crippen LogP contribution >= 0.6 is 11.6 Å². The molecule has 23 heavy (non-hydrogen) atoms. The molecule has 0 unspecified atom stereocenters. The molecule has 2 amide bonds. The number of methoxy groups -OCH3 is 1. The van der Waals surface area contributed by atoms with Crippen molar-refractivity contribution in [3.8, 4) is 17.6 Å². The molecule has 0 saturated heterocycles. The summed E-state index contributed by atoms with van der Waals surface area (Å²) in [5, 5.41) is 6.04. The zero-order valence-corrected chi connectivity index (χ0v) is 13.5. The Morgan fingerprint density at radius 3 is 2.57 bits per heavy atom. The van der Waals surface area contributed by atoms with E-state index >= 15 is 0 Å². The first-order chi connectivity index (χ1) is 11.2. The maximum atomic E-state index is 11.7. The average Bonchev–Trinajstić information content (AvgIpc) is 2.59. The van der Waals surface area contributed by atoms with Crippen molar-refractivity contribution < 1.29 is 9.53 Å². The van der Waals surface area contributed by atoms with Gasteiger partial charge in [0.1, 0.15) is 5.75 Å². The Morgan fingerprint density at radius 1 is 1.13 bits per heavy atom.